The van der Waals surface area contributed by atoms with E-state index in [1.807, 2.05) is 4.68 Å². The minimum absolute atomic E-state index is 0.774. The molecule has 0 spiro atoms. The van der Waals surface area contributed by atoms with Gasteiger partial charge in [-0.3, -0.25) is 4.68 Å². The van der Waals surface area contributed by atoms with E-state index in [0.717, 1.165) is 30.8 Å². The zero-order chi connectivity index (χ0) is 30.7. The van der Waals surface area contributed by atoms with Crippen LogP contribution < -0.4 is 5.32 Å². The molecule has 0 atom stereocenters. The van der Waals surface area contributed by atoms with Gasteiger partial charge in [0.25, 0.3) is 0 Å². The van der Waals surface area contributed by atoms with Crippen molar-refractivity contribution in [3.05, 3.63) is 101 Å². The molecule has 1 saturated heterocycles. The Morgan fingerprint density at radius 1 is 0.698 bits per heavy atom. The third kappa shape index (κ3) is 11.9. The Labute approximate surface area is 263 Å². The Morgan fingerprint density at radius 2 is 1.35 bits per heavy atom. The number of hydrogen-bond donors (Lipinski definition) is 1. The second kappa shape index (κ2) is 20.1. The summed E-state index contributed by atoms with van der Waals surface area (Å²) < 4.78 is 1.98. The van der Waals surface area contributed by atoms with Crippen LogP contribution in [0.1, 0.15) is 120 Å². The lowest BCUT2D eigenvalue weighted by atomic mass is 9.89. The van der Waals surface area contributed by atoms with Gasteiger partial charge in [0, 0.05) is 18.1 Å². The van der Waals surface area contributed by atoms with Crippen molar-refractivity contribution in [3.8, 4) is 0 Å². The number of hydrogen-bond acceptors (Lipinski definition) is 2. The molecule has 5 rings (SSSR count). The summed E-state index contributed by atoms with van der Waals surface area (Å²) in [6, 6.07) is 24.9. The maximum atomic E-state index is 4.46. The first kappa shape index (κ1) is 34.6. The van der Waals surface area contributed by atoms with Gasteiger partial charge < -0.3 is 5.32 Å². The second-order valence-electron chi connectivity index (χ2n) is 12.0. The smallest absolute Gasteiger partial charge is 0.0926 e. The lowest BCUT2D eigenvalue weighted by molar-refractivity contribution is 0.460. The molecule has 1 aliphatic rings. The summed E-state index contributed by atoms with van der Waals surface area (Å²) in [6.45, 7) is 14.2. The molecule has 0 bridgehead atoms. The fraction of sp³-hybridized carbons (Fsp3) is 0.525. The van der Waals surface area contributed by atoms with Gasteiger partial charge in [0.2, 0.25) is 0 Å². The summed E-state index contributed by atoms with van der Waals surface area (Å²) >= 11 is 0. The van der Waals surface area contributed by atoms with Gasteiger partial charge in [0.15, 0.2) is 0 Å². The first-order chi connectivity index (χ1) is 21.1. The van der Waals surface area contributed by atoms with Crippen LogP contribution in [0.15, 0.2) is 72.9 Å². The van der Waals surface area contributed by atoms with Gasteiger partial charge in [0.05, 0.1) is 5.52 Å². The SMILES string of the molecule is CCCC.CCc1ccc2cn(CC)nc2c1.CCc1ccccc1CCCCCCc1ccc(C2CCNCC2)cc1. The Kier molecular flexibility index (Phi) is 16.2. The molecule has 3 nitrogen and oxygen atoms in total. The number of benzene rings is 3. The van der Waals surface area contributed by atoms with Crippen molar-refractivity contribution < 1.29 is 0 Å². The van der Waals surface area contributed by atoms with Crippen LogP contribution in [0, 0.1) is 0 Å². The van der Waals surface area contributed by atoms with E-state index in [9.17, 15) is 0 Å². The van der Waals surface area contributed by atoms with E-state index in [1.165, 1.54) is 99.4 Å². The van der Waals surface area contributed by atoms with Crippen LogP contribution >= 0.6 is 0 Å². The molecule has 1 fully saturated rings. The molecular weight excluding hydrogens is 522 g/mol. The standard InChI is InChI=1S/C25H35N.C11H14N2.C4H10/c1-2-22-10-7-8-12-23(22)11-6-4-3-5-9-21-13-15-24(16-14-21)25-17-19-26-20-18-25;1-3-9-5-6-10-8-13(4-2)12-11(10)7-9;1-3-4-2/h7-8,10,12-16,25-26H,2-6,9,11,17-20H2,1H3;5-8H,3-4H2,1-2H3;3-4H2,1-2H3. The maximum absolute atomic E-state index is 4.46. The molecule has 0 aliphatic carbocycles. The lowest BCUT2D eigenvalue weighted by Crippen LogP contribution is -2.26. The van der Waals surface area contributed by atoms with Gasteiger partial charge >= 0.3 is 0 Å². The molecule has 0 unspecified atom stereocenters. The number of aryl methyl sites for hydroxylation is 5. The molecule has 4 aromatic rings. The number of rotatable bonds is 12. The van der Waals surface area contributed by atoms with Gasteiger partial charge in [-0.2, -0.15) is 5.10 Å². The van der Waals surface area contributed by atoms with Crippen LogP contribution in [0.4, 0.5) is 0 Å². The number of fused-ring (bicyclic) bond motifs is 1. The number of nitrogens with zero attached hydrogens (tertiary/aromatic N) is 2. The fourth-order valence-electron chi connectivity index (χ4n) is 5.75. The lowest BCUT2D eigenvalue weighted by Gasteiger charge is -2.23. The Balaban J connectivity index is 0.000000246. The van der Waals surface area contributed by atoms with Crippen molar-refractivity contribution in [2.45, 2.75) is 124 Å². The Hall–Kier alpha value is -2.91. The van der Waals surface area contributed by atoms with Gasteiger partial charge in [-0.1, -0.05) is 114 Å². The highest BCUT2D eigenvalue weighted by atomic mass is 15.3. The zero-order valence-electron chi connectivity index (χ0n) is 28.0. The van der Waals surface area contributed by atoms with Crippen LogP contribution in [0.25, 0.3) is 10.9 Å². The molecule has 0 radical (unpaired) electrons. The summed E-state index contributed by atoms with van der Waals surface area (Å²) in [4.78, 5) is 0. The molecule has 0 amide bonds. The van der Waals surface area contributed by atoms with E-state index < -0.39 is 0 Å². The quantitative estimate of drug-likeness (QED) is 0.169. The Morgan fingerprint density at radius 3 is 1.98 bits per heavy atom. The average Bonchev–Trinajstić information content (AvgIpc) is 3.50. The summed E-state index contributed by atoms with van der Waals surface area (Å²) in [5, 5.41) is 9.15. The Bertz CT molecular complexity index is 1280. The van der Waals surface area contributed by atoms with Crippen LogP contribution in [0.2, 0.25) is 0 Å². The minimum atomic E-state index is 0.774. The molecule has 2 heterocycles. The molecule has 1 aliphatic heterocycles. The van der Waals surface area contributed by atoms with Crippen molar-refractivity contribution in [2.24, 2.45) is 0 Å². The number of unbranched alkanes of at least 4 members (excludes halogenated alkanes) is 4. The van der Waals surface area contributed by atoms with Crippen molar-refractivity contribution in [1.29, 1.82) is 0 Å². The van der Waals surface area contributed by atoms with Crippen molar-refractivity contribution in [1.82, 2.24) is 15.1 Å². The highest BCUT2D eigenvalue weighted by Gasteiger charge is 2.14. The van der Waals surface area contributed by atoms with Crippen LogP contribution in [0.3, 0.4) is 0 Å². The van der Waals surface area contributed by atoms with E-state index in [1.54, 1.807) is 11.1 Å². The van der Waals surface area contributed by atoms with E-state index in [2.05, 4.69) is 118 Å². The first-order valence-electron chi connectivity index (χ1n) is 17.4. The van der Waals surface area contributed by atoms with Crippen molar-refractivity contribution in [3.63, 3.8) is 0 Å². The van der Waals surface area contributed by atoms with Gasteiger partial charge in [0.1, 0.15) is 0 Å². The molecule has 1 N–H and O–H groups in total. The predicted octanol–water partition coefficient (Wildman–Crippen LogP) is 10.5. The maximum Gasteiger partial charge on any atom is 0.0926 e. The summed E-state index contributed by atoms with van der Waals surface area (Å²) in [5.41, 5.74) is 8.61. The third-order valence-corrected chi connectivity index (χ3v) is 8.80. The van der Waals surface area contributed by atoms with Gasteiger partial charge in [-0.25, -0.2) is 0 Å². The molecule has 234 valence electrons. The molecule has 43 heavy (non-hydrogen) atoms. The van der Waals surface area contributed by atoms with Crippen molar-refractivity contribution in [2.75, 3.05) is 13.1 Å². The highest BCUT2D eigenvalue weighted by Crippen LogP contribution is 2.25. The molecular formula is C40H59N3. The van der Waals surface area contributed by atoms with E-state index in [4.69, 9.17) is 0 Å². The first-order valence-corrected chi connectivity index (χ1v) is 17.4. The van der Waals surface area contributed by atoms with E-state index in [0.29, 0.717) is 0 Å². The van der Waals surface area contributed by atoms with Crippen molar-refractivity contribution >= 4 is 10.9 Å². The number of nitrogens with one attached hydrogen (secondary N) is 1. The minimum Gasteiger partial charge on any atom is -0.317 e. The van der Waals surface area contributed by atoms with E-state index in [-0.39, 0.29) is 0 Å². The molecule has 3 aromatic carbocycles. The fourth-order valence-corrected chi connectivity index (χ4v) is 5.75. The average molecular weight is 582 g/mol. The monoisotopic (exact) mass is 581 g/mol. The van der Waals surface area contributed by atoms with Gasteiger partial charge in [-0.05, 0) is 111 Å². The molecule has 0 saturated carbocycles. The highest BCUT2D eigenvalue weighted by molar-refractivity contribution is 5.78. The number of aromatic nitrogens is 2. The molecule has 3 heteroatoms. The largest absolute Gasteiger partial charge is 0.317 e. The summed E-state index contributed by atoms with van der Waals surface area (Å²) in [7, 11) is 0. The van der Waals surface area contributed by atoms with Gasteiger partial charge in [-0.15, -0.1) is 0 Å². The normalized spacial score (nSPS) is 13.2. The van der Waals surface area contributed by atoms with Crippen LogP contribution in [-0.2, 0) is 32.2 Å². The van der Waals surface area contributed by atoms with Crippen LogP contribution in [-0.4, -0.2) is 22.9 Å². The number of piperidine rings is 1. The second-order valence-corrected chi connectivity index (χ2v) is 12.0. The topological polar surface area (TPSA) is 29.9 Å². The third-order valence-electron chi connectivity index (χ3n) is 8.80. The van der Waals surface area contributed by atoms with E-state index >= 15 is 0 Å². The zero-order valence-corrected chi connectivity index (χ0v) is 28.0. The molecule has 1 aromatic heterocycles. The van der Waals surface area contributed by atoms with Crippen LogP contribution in [0.5, 0.6) is 0 Å². The summed E-state index contributed by atoms with van der Waals surface area (Å²) in [5.74, 6) is 0.774. The predicted molar refractivity (Wildman–Crippen MR) is 188 cm³/mol. The summed E-state index contributed by atoms with van der Waals surface area (Å²) in [6.07, 6.45) is 17.4.